The summed E-state index contributed by atoms with van der Waals surface area (Å²) in [7, 11) is 4.25. The number of carboxylic acid groups (broad SMARTS) is 4. The highest BCUT2D eigenvalue weighted by molar-refractivity contribution is 7.80. The fraction of sp³-hybridized carbons (Fsp3) is 0.625. The minimum absolute atomic E-state index is 0.0111. The first-order valence-electron chi connectivity index (χ1n) is 27.4. The molecule has 20 nitrogen and oxygen atoms in total. The van der Waals surface area contributed by atoms with Crippen molar-refractivity contribution < 1.29 is 63.2 Å². The SMILES string of the molecule is CCN1CCN(C)CCN(C)CC(Cc2ccc(CC(=S)CCCCCCC(=O)N[C@@H](Cc3ccc(F)cc3)C(=O)C[C@@H](CCC(=O)O)C(=O)NCCCC[C@H](NC(=O)NCCCC(=O)O)C(=O)O)cc2)N(CC(=O)O)CC1. The number of nitrogens with one attached hydrogen (secondary N) is 4. The van der Waals surface area contributed by atoms with Gasteiger partial charge in [-0.2, -0.15) is 0 Å². The van der Waals surface area contributed by atoms with Crippen LogP contribution in [0.25, 0.3) is 0 Å². The van der Waals surface area contributed by atoms with Gasteiger partial charge in [0.15, 0.2) is 5.78 Å². The van der Waals surface area contributed by atoms with Crippen LogP contribution in [0.15, 0.2) is 48.5 Å². The van der Waals surface area contributed by atoms with Crippen LogP contribution < -0.4 is 21.3 Å². The molecular weight excluding hydrogens is 1030 g/mol. The lowest BCUT2D eigenvalue weighted by atomic mass is 9.91. The summed E-state index contributed by atoms with van der Waals surface area (Å²) in [5.41, 5.74) is 2.80. The minimum Gasteiger partial charge on any atom is -0.481 e. The second-order valence-corrected chi connectivity index (χ2v) is 21.1. The van der Waals surface area contributed by atoms with Gasteiger partial charge in [-0.1, -0.05) is 68.4 Å². The summed E-state index contributed by atoms with van der Waals surface area (Å²) in [6.45, 7) is 9.11. The number of nitrogens with zero attached hydrogens (tertiary/aromatic N) is 4. The monoisotopic (exact) mass is 1110 g/mol. The number of thiocarbonyl (C=S) groups is 1. The molecule has 78 heavy (non-hydrogen) atoms. The fourth-order valence-corrected chi connectivity index (χ4v) is 9.56. The summed E-state index contributed by atoms with van der Waals surface area (Å²) in [6.07, 6.45) is 4.80. The molecule has 0 aliphatic carbocycles. The number of halogens is 1. The Labute approximate surface area is 464 Å². The predicted molar refractivity (Wildman–Crippen MR) is 298 cm³/mol. The van der Waals surface area contributed by atoms with Crippen LogP contribution in [0.5, 0.6) is 0 Å². The first-order valence-corrected chi connectivity index (χ1v) is 27.8. The fourth-order valence-electron chi connectivity index (χ4n) is 9.24. The van der Waals surface area contributed by atoms with Gasteiger partial charge in [0.25, 0.3) is 0 Å². The third-order valence-corrected chi connectivity index (χ3v) is 14.3. The molecule has 4 atom stereocenters. The van der Waals surface area contributed by atoms with Crippen molar-refractivity contribution in [3.63, 3.8) is 0 Å². The van der Waals surface area contributed by atoms with Crippen molar-refractivity contribution in [3.8, 4) is 0 Å². The number of hydrogen-bond donors (Lipinski definition) is 8. The Morgan fingerprint density at radius 2 is 1.26 bits per heavy atom. The number of carboxylic acids is 4. The summed E-state index contributed by atoms with van der Waals surface area (Å²) in [5.74, 6) is -7.33. The lowest BCUT2D eigenvalue weighted by Gasteiger charge is -2.36. The van der Waals surface area contributed by atoms with Crippen molar-refractivity contribution >= 4 is 64.6 Å². The van der Waals surface area contributed by atoms with Crippen LogP contribution in [0, 0.1) is 11.7 Å². The Bertz CT molecular complexity index is 2220. The van der Waals surface area contributed by atoms with E-state index in [-0.39, 0.29) is 89.4 Å². The molecule has 4 amide bonds. The van der Waals surface area contributed by atoms with Crippen molar-refractivity contribution in [2.24, 2.45) is 5.92 Å². The van der Waals surface area contributed by atoms with Crippen LogP contribution in [0.3, 0.4) is 0 Å². The summed E-state index contributed by atoms with van der Waals surface area (Å²) in [6, 6.07) is 10.8. The van der Waals surface area contributed by atoms with Gasteiger partial charge < -0.3 is 56.4 Å². The van der Waals surface area contributed by atoms with Gasteiger partial charge in [0.2, 0.25) is 11.8 Å². The number of urea groups is 1. The number of amides is 4. The Morgan fingerprint density at radius 1 is 0.641 bits per heavy atom. The van der Waals surface area contributed by atoms with Gasteiger partial charge in [0.1, 0.15) is 11.9 Å². The maximum atomic E-state index is 13.9. The molecule has 0 radical (unpaired) electrons. The van der Waals surface area contributed by atoms with Gasteiger partial charge in [0.05, 0.1) is 12.6 Å². The smallest absolute Gasteiger partial charge is 0.326 e. The first-order chi connectivity index (χ1) is 37.2. The summed E-state index contributed by atoms with van der Waals surface area (Å²) in [4.78, 5) is 109. The zero-order chi connectivity index (χ0) is 57.4. The average Bonchev–Trinajstić information content (AvgIpc) is 3.38. The number of unbranched alkanes of at least 4 members (excludes halogenated alkanes) is 4. The zero-order valence-corrected chi connectivity index (χ0v) is 46.7. The molecule has 8 N–H and O–H groups in total. The van der Waals surface area contributed by atoms with Crippen LogP contribution in [0.4, 0.5) is 9.18 Å². The first kappa shape index (κ1) is 66.3. The number of aliphatic carboxylic acids is 4. The molecule has 22 heteroatoms. The second-order valence-electron chi connectivity index (χ2n) is 20.5. The lowest BCUT2D eigenvalue weighted by molar-refractivity contribution is -0.140. The van der Waals surface area contributed by atoms with E-state index in [9.17, 15) is 58.1 Å². The van der Waals surface area contributed by atoms with E-state index in [1.807, 2.05) is 0 Å². The molecule has 0 aromatic heterocycles. The van der Waals surface area contributed by atoms with Gasteiger partial charge in [0, 0.05) is 103 Å². The molecule has 0 bridgehead atoms. The Hall–Kier alpha value is -5.94. The number of likely N-dealkylation sites (N-methyl/N-ethyl adjacent to an activating group) is 3. The third kappa shape index (κ3) is 28.6. The highest BCUT2D eigenvalue weighted by Crippen LogP contribution is 2.19. The maximum absolute atomic E-state index is 13.9. The molecular formula is C56H85FN8O12S. The van der Waals surface area contributed by atoms with E-state index in [4.69, 9.17) is 17.3 Å². The summed E-state index contributed by atoms with van der Waals surface area (Å²) >= 11 is 5.78. The molecule has 2 aromatic carbocycles. The quantitative estimate of drug-likeness (QED) is 0.0345. The van der Waals surface area contributed by atoms with Gasteiger partial charge in [-0.15, -0.1) is 0 Å². The molecule has 1 heterocycles. The van der Waals surface area contributed by atoms with E-state index in [2.05, 4.69) is 86.2 Å². The molecule has 3 rings (SSSR count). The van der Waals surface area contributed by atoms with Crippen molar-refractivity contribution in [2.75, 3.05) is 86.1 Å². The topological polar surface area (TPSA) is 279 Å². The van der Waals surface area contributed by atoms with Crippen LogP contribution in [0.2, 0.25) is 0 Å². The third-order valence-electron chi connectivity index (χ3n) is 14.0. The van der Waals surface area contributed by atoms with Crippen molar-refractivity contribution in [1.29, 1.82) is 0 Å². The standard InChI is InChI=1S/C56H85FN8O12S/c1-4-64-31-30-62(2)28-29-63(3)38-45(65(33-32-64)39-53(72)73)34-40-16-18-41(19-17-40)35-46(78)12-7-5-6-8-14-50(67)60-48(36-42-20-23-44(57)24-21-42)49(66)37-43(22-25-52(70)71)54(74)58-26-10-9-13-47(55(75)76)61-56(77)59-27-11-15-51(68)69/h16-21,23-24,43,45,47-48H,4-15,22,25-39H2,1-3H3,(H,58,74)(H,60,67)(H,68,69)(H,70,71)(H,72,73)(H,75,76)(H2,59,61,77)/t43-,45?,47+,48+/m1/s1. The van der Waals surface area contributed by atoms with Gasteiger partial charge in [-0.05, 0) is 119 Å². The number of benzene rings is 2. The van der Waals surface area contributed by atoms with E-state index in [0.717, 1.165) is 93.9 Å². The molecule has 1 saturated heterocycles. The molecule has 1 unspecified atom stereocenters. The van der Waals surface area contributed by atoms with Crippen molar-refractivity contribution in [1.82, 2.24) is 40.9 Å². The number of carbonyl (C=O) groups is 8. The Morgan fingerprint density at radius 3 is 1.91 bits per heavy atom. The number of carbonyl (C=O) groups excluding carboxylic acids is 4. The molecule has 1 aliphatic rings. The number of hydrogen-bond acceptors (Lipinski definition) is 13. The van der Waals surface area contributed by atoms with Gasteiger partial charge >= 0.3 is 29.9 Å². The Balaban J connectivity index is 1.50. The van der Waals surface area contributed by atoms with E-state index in [0.29, 0.717) is 24.9 Å². The molecule has 434 valence electrons. The molecule has 2 aromatic rings. The molecule has 0 spiro atoms. The summed E-state index contributed by atoms with van der Waals surface area (Å²) in [5, 5.41) is 47.8. The number of ketones is 1. The van der Waals surface area contributed by atoms with Gasteiger partial charge in [-0.3, -0.25) is 33.7 Å². The highest BCUT2D eigenvalue weighted by Gasteiger charge is 2.29. The average molecular weight is 1110 g/mol. The maximum Gasteiger partial charge on any atom is 0.326 e. The Kier molecular flexibility index (Phi) is 31.5. The largest absolute Gasteiger partial charge is 0.481 e. The molecule has 0 saturated carbocycles. The van der Waals surface area contributed by atoms with Crippen LogP contribution in [0.1, 0.15) is 114 Å². The van der Waals surface area contributed by atoms with Crippen LogP contribution >= 0.6 is 12.2 Å². The second kappa shape index (κ2) is 37.0. The van der Waals surface area contributed by atoms with Crippen molar-refractivity contribution in [3.05, 3.63) is 71.0 Å². The molecule has 1 fully saturated rings. The predicted octanol–water partition coefficient (Wildman–Crippen LogP) is 4.65. The van der Waals surface area contributed by atoms with Gasteiger partial charge in [-0.25, -0.2) is 14.0 Å². The van der Waals surface area contributed by atoms with E-state index >= 15 is 0 Å². The van der Waals surface area contributed by atoms with Crippen LogP contribution in [-0.4, -0.2) is 197 Å². The lowest BCUT2D eigenvalue weighted by Crippen LogP contribution is -2.51. The van der Waals surface area contributed by atoms with E-state index < -0.39 is 71.8 Å². The van der Waals surface area contributed by atoms with E-state index in [1.165, 1.54) is 24.3 Å². The summed E-state index contributed by atoms with van der Waals surface area (Å²) < 4.78 is 13.8. The minimum atomic E-state index is -1.28. The number of Topliss-reactive ketones (excluding diaryl/α,β-unsaturated/α-hetero) is 1. The van der Waals surface area contributed by atoms with Crippen LogP contribution in [-0.2, 0) is 52.8 Å². The van der Waals surface area contributed by atoms with Crippen molar-refractivity contribution in [2.45, 2.75) is 134 Å². The molecule has 1 aliphatic heterocycles. The zero-order valence-electron chi connectivity index (χ0n) is 45.9. The highest BCUT2D eigenvalue weighted by atomic mass is 32.1. The normalized spacial score (nSPS) is 16.3. The number of rotatable bonds is 35. The van der Waals surface area contributed by atoms with E-state index in [1.54, 1.807) is 0 Å².